The van der Waals surface area contributed by atoms with Gasteiger partial charge in [0.2, 0.25) is 10.0 Å². The Labute approximate surface area is 127 Å². The van der Waals surface area contributed by atoms with Gasteiger partial charge in [-0.2, -0.15) is 11.3 Å². The summed E-state index contributed by atoms with van der Waals surface area (Å²) in [7, 11) is -3.70. The van der Waals surface area contributed by atoms with E-state index in [0.29, 0.717) is 5.56 Å². The van der Waals surface area contributed by atoms with E-state index in [0.717, 1.165) is 11.1 Å². The number of hydrogen-bond donors (Lipinski definition) is 2. The molecular weight excluding hydrogens is 318 g/mol. The molecule has 7 heteroatoms. The highest BCUT2D eigenvalue weighted by Crippen LogP contribution is 2.23. The molecule has 0 amide bonds. The summed E-state index contributed by atoms with van der Waals surface area (Å²) < 4.78 is 27.0. The maximum absolute atomic E-state index is 12.3. The third-order valence-electron chi connectivity index (χ3n) is 2.88. The Morgan fingerprint density at radius 1 is 1.35 bits per heavy atom. The van der Waals surface area contributed by atoms with Gasteiger partial charge in [-0.15, -0.1) is 0 Å². The van der Waals surface area contributed by atoms with E-state index >= 15 is 0 Å². The zero-order chi connectivity index (χ0) is 14.8. The molecule has 2 aromatic rings. The summed E-state index contributed by atoms with van der Waals surface area (Å²) >= 11 is 7.46. The first-order valence-corrected chi connectivity index (χ1v) is 8.65. The lowest BCUT2D eigenvalue weighted by molar-refractivity contribution is 0.281. The first-order chi connectivity index (χ1) is 9.44. The third kappa shape index (κ3) is 3.39. The van der Waals surface area contributed by atoms with Gasteiger partial charge in [0.1, 0.15) is 4.90 Å². The van der Waals surface area contributed by atoms with E-state index in [-0.39, 0.29) is 23.1 Å². The van der Waals surface area contributed by atoms with E-state index < -0.39 is 10.0 Å². The van der Waals surface area contributed by atoms with Crippen molar-refractivity contribution in [2.24, 2.45) is 0 Å². The standard InChI is InChI=1S/C13H14ClNO3S2/c1-9-7-19-8-11(9)5-15-20(17,18)13-4-10(6-16)2-3-12(13)14/h2-4,7-8,15-16H,5-6H2,1H3. The van der Waals surface area contributed by atoms with Crippen LogP contribution in [0, 0.1) is 6.92 Å². The van der Waals surface area contributed by atoms with Crippen molar-refractivity contribution in [2.75, 3.05) is 0 Å². The maximum atomic E-state index is 12.3. The van der Waals surface area contributed by atoms with E-state index in [9.17, 15) is 8.42 Å². The predicted molar refractivity (Wildman–Crippen MR) is 80.5 cm³/mol. The number of nitrogens with one attached hydrogen (secondary N) is 1. The van der Waals surface area contributed by atoms with Gasteiger partial charge in [0.15, 0.2) is 0 Å². The molecule has 4 nitrogen and oxygen atoms in total. The second-order valence-electron chi connectivity index (χ2n) is 4.33. The molecule has 0 aliphatic rings. The minimum Gasteiger partial charge on any atom is -0.392 e. The quantitative estimate of drug-likeness (QED) is 0.885. The van der Waals surface area contributed by atoms with Crippen LogP contribution in [0.3, 0.4) is 0 Å². The highest BCUT2D eigenvalue weighted by molar-refractivity contribution is 7.89. The molecule has 0 saturated heterocycles. The summed E-state index contributed by atoms with van der Waals surface area (Å²) in [5.74, 6) is 0. The normalized spacial score (nSPS) is 11.8. The van der Waals surface area contributed by atoms with Gasteiger partial charge >= 0.3 is 0 Å². The molecule has 20 heavy (non-hydrogen) atoms. The zero-order valence-corrected chi connectivity index (χ0v) is 13.1. The molecule has 0 unspecified atom stereocenters. The fraction of sp³-hybridized carbons (Fsp3) is 0.231. The van der Waals surface area contributed by atoms with Crippen LogP contribution >= 0.6 is 22.9 Å². The number of benzene rings is 1. The first kappa shape index (κ1) is 15.5. The number of aliphatic hydroxyl groups is 1. The lowest BCUT2D eigenvalue weighted by Gasteiger charge is -2.09. The molecule has 1 aromatic heterocycles. The topological polar surface area (TPSA) is 66.4 Å². The van der Waals surface area contributed by atoms with E-state index in [4.69, 9.17) is 16.7 Å². The van der Waals surface area contributed by atoms with Crippen LogP contribution in [0.25, 0.3) is 0 Å². The van der Waals surface area contributed by atoms with E-state index in [1.54, 1.807) is 6.07 Å². The van der Waals surface area contributed by atoms with Gasteiger partial charge in [-0.1, -0.05) is 17.7 Å². The van der Waals surface area contributed by atoms with Crippen LogP contribution in [-0.4, -0.2) is 13.5 Å². The molecule has 0 aliphatic heterocycles. The summed E-state index contributed by atoms with van der Waals surface area (Å²) in [5.41, 5.74) is 2.49. The van der Waals surface area contributed by atoms with Crippen LogP contribution in [0.15, 0.2) is 33.9 Å². The zero-order valence-electron chi connectivity index (χ0n) is 10.8. The molecule has 0 saturated carbocycles. The van der Waals surface area contributed by atoms with Gasteiger partial charge in [0.05, 0.1) is 11.6 Å². The average molecular weight is 332 g/mol. The molecule has 108 valence electrons. The number of aliphatic hydroxyl groups excluding tert-OH is 1. The van der Waals surface area contributed by atoms with Crippen LogP contribution in [-0.2, 0) is 23.2 Å². The van der Waals surface area contributed by atoms with Crippen molar-refractivity contribution in [2.45, 2.75) is 25.0 Å². The van der Waals surface area contributed by atoms with Gasteiger partial charge in [0.25, 0.3) is 0 Å². The summed E-state index contributed by atoms with van der Waals surface area (Å²) in [6.45, 7) is 1.92. The number of rotatable bonds is 5. The molecule has 0 bridgehead atoms. The van der Waals surface area contributed by atoms with E-state index in [1.165, 1.54) is 23.5 Å². The summed E-state index contributed by atoms with van der Waals surface area (Å²) in [5, 5.41) is 13.1. The minimum atomic E-state index is -3.70. The van der Waals surface area contributed by atoms with Gasteiger partial charge < -0.3 is 5.11 Å². The number of hydrogen-bond acceptors (Lipinski definition) is 4. The van der Waals surface area contributed by atoms with Gasteiger partial charge in [-0.25, -0.2) is 13.1 Å². The van der Waals surface area contributed by atoms with Crippen LogP contribution in [0.4, 0.5) is 0 Å². The van der Waals surface area contributed by atoms with Gasteiger partial charge in [-0.3, -0.25) is 0 Å². The molecule has 1 aromatic carbocycles. The fourth-order valence-corrected chi connectivity index (χ4v) is 4.08. The largest absolute Gasteiger partial charge is 0.392 e. The number of thiophene rings is 1. The van der Waals surface area contributed by atoms with E-state index in [2.05, 4.69) is 4.72 Å². The van der Waals surface area contributed by atoms with Crippen molar-refractivity contribution in [1.82, 2.24) is 4.72 Å². The highest BCUT2D eigenvalue weighted by Gasteiger charge is 2.18. The lowest BCUT2D eigenvalue weighted by atomic mass is 10.2. The van der Waals surface area contributed by atoms with Crippen LogP contribution < -0.4 is 4.72 Å². The van der Waals surface area contributed by atoms with Gasteiger partial charge in [0, 0.05) is 6.54 Å². The Kier molecular flexibility index (Phi) is 4.82. The highest BCUT2D eigenvalue weighted by atomic mass is 35.5. The van der Waals surface area contributed by atoms with Gasteiger partial charge in [-0.05, 0) is 46.5 Å². The molecule has 0 atom stereocenters. The average Bonchev–Trinajstić information content (AvgIpc) is 2.82. The maximum Gasteiger partial charge on any atom is 0.242 e. The Balaban J connectivity index is 2.24. The Morgan fingerprint density at radius 2 is 2.10 bits per heavy atom. The molecule has 0 aliphatic carbocycles. The van der Waals surface area contributed by atoms with Crippen LogP contribution in [0.5, 0.6) is 0 Å². The SMILES string of the molecule is Cc1cscc1CNS(=O)(=O)c1cc(CO)ccc1Cl. The van der Waals surface area contributed by atoms with Crippen molar-refractivity contribution in [1.29, 1.82) is 0 Å². The van der Waals surface area contributed by atoms with Crippen LogP contribution in [0.2, 0.25) is 5.02 Å². The van der Waals surface area contributed by atoms with Crippen LogP contribution in [0.1, 0.15) is 16.7 Å². The van der Waals surface area contributed by atoms with Crippen molar-refractivity contribution in [3.63, 3.8) is 0 Å². The third-order valence-corrected chi connectivity index (χ3v) is 5.68. The molecular formula is C13H14ClNO3S2. The summed E-state index contributed by atoms with van der Waals surface area (Å²) in [6, 6.07) is 4.44. The fourth-order valence-electron chi connectivity index (χ4n) is 1.67. The molecule has 1 heterocycles. The number of sulfonamides is 1. The molecule has 2 rings (SSSR count). The minimum absolute atomic E-state index is 0.0152. The monoisotopic (exact) mass is 331 g/mol. The Hall–Kier alpha value is -0.920. The van der Waals surface area contributed by atoms with Crippen molar-refractivity contribution in [3.05, 3.63) is 50.7 Å². The molecule has 2 N–H and O–H groups in total. The van der Waals surface area contributed by atoms with Crippen molar-refractivity contribution >= 4 is 33.0 Å². The Morgan fingerprint density at radius 3 is 2.70 bits per heavy atom. The van der Waals surface area contributed by atoms with Crippen molar-refractivity contribution < 1.29 is 13.5 Å². The number of halogens is 1. The molecule has 0 fully saturated rings. The predicted octanol–water partition coefficient (Wildman–Crippen LogP) is 2.68. The Bertz CT molecular complexity index is 710. The number of aryl methyl sites for hydroxylation is 1. The van der Waals surface area contributed by atoms with Crippen molar-refractivity contribution in [3.8, 4) is 0 Å². The second kappa shape index (κ2) is 6.24. The molecule has 0 spiro atoms. The summed E-state index contributed by atoms with van der Waals surface area (Å²) in [6.07, 6.45) is 0. The first-order valence-electron chi connectivity index (χ1n) is 5.84. The summed E-state index contributed by atoms with van der Waals surface area (Å²) in [4.78, 5) is -0.0152. The smallest absolute Gasteiger partial charge is 0.242 e. The lowest BCUT2D eigenvalue weighted by Crippen LogP contribution is -2.23. The second-order valence-corrected chi connectivity index (χ2v) is 7.21. The van der Waals surface area contributed by atoms with E-state index in [1.807, 2.05) is 17.7 Å². The molecule has 0 radical (unpaired) electrons.